The van der Waals surface area contributed by atoms with Crippen LogP contribution in [-0.4, -0.2) is 23.8 Å². The molecule has 84 valence electrons. The van der Waals surface area contributed by atoms with Crippen molar-refractivity contribution >= 4 is 0 Å². The molecule has 0 heterocycles. The van der Waals surface area contributed by atoms with E-state index in [2.05, 4.69) is 19.2 Å². The van der Waals surface area contributed by atoms with E-state index >= 15 is 0 Å². The Bertz CT molecular complexity index is 150. The zero-order valence-electron chi connectivity index (χ0n) is 9.68. The lowest BCUT2D eigenvalue weighted by Gasteiger charge is -2.25. The Morgan fingerprint density at radius 2 is 1.93 bits per heavy atom. The number of nitrogens with one attached hydrogen (secondary N) is 1. The summed E-state index contributed by atoms with van der Waals surface area (Å²) in [6, 6.07) is 0. The standard InChI is InChI=1S/C12H25NO/c1-3-12(14,4-2)10-13-9-5-6-11-7-8-11/h11,13-14H,3-10H2,1-2H3. The van der Waals surface area contributed by atoms with Gasteiger partial charge in [0.2, 0.25) is 0 Å². The predicted octanol–water partition coefficient (Wildman–Crippen LogP) is 2.32. The van der Waals surface area contributed by atoms with Crippen molar-refractivity contribution in [3.8, 4) is 0 Å². The Morgan fingerprint density at radius 1 is 1.29 bits per heavy atom. The molecule has 1 rings (SSSR count). The first-order valence-corrected chi connectivity index (χ1v) is 6.13. The molecule has 1 aliphatic rings. The van der Waals surface area contributed by atoms with E-state index in [9.17, 15) is 5.11 Å². The average molecular weight is 199 g/mol. The SMILES string of the molecule is CCC(O)(CC)CNCCCC1CC1. The van der Waals surface area contributed by atoms with Crippen LogP contribution in [0.25, 0.3) is 0 Å². The second-order valence-corrected chi connectivity index (χ2v) is 4.69. The first-order valence-electron chi connectivity index (χ1n) is 6.13. The van der Waals surface area contributed by atoms with E-state index in [1.54, 1.807) is 0 Å². The first kappa shape index (κ1) is 12.0. The van der Waals surface area contributed by atoms with Crippen LogP contribution >= 0.6 is 0 Å². The van der Waals surface area contributed by atoms with Crippen molar-refractivity contribution < 1.29 is 5.11 Å². The Hall–Kier alpha value is -0.0800. The fourth-order valence-electron chi connectivity index (χ4n) is 1.74. The Kier molecular flexibility index (Phi) is 4.90. The summed E-state index contributed by atoms with van der Waals surface area (Å²) in [6.07, 6.45) is 7.25. The summed E-state index contributed by atoms with van der Waals surface area (Å²) in [7, 11) is 0. The third-order valence-electron chi connectivity index (χ3n) is 3.43. The summed E-state index contributed by atoms with van der Waals surface area (Å²) in [5.41, 5.74) is -0.473. The minimum atomic E-state index is -0.473. The topological polar surface area (TPSA) is 32.3 Å². The fraction of sp³-hybridized carbons (Fsp3) is 1.00. The third-order valence-corrected chi connectivity index (χ3v) is 3.43. The minimum absolute atomic E-state index is 0.473. The molecule has 0 aliphatic heterocycles. The molecule has 2 nitrogen and oxygen atoms in total. The molecule has 2 heteroatoms. The summed E-state index contributed by atoms with van der Waals surface area (Å²) in [4.78, 5) is 0. The lowest BCUT2D eigenvalue weighted by atomic mass is 9.97. The van der Waals surface area contributed by atoms with Crippen molar-refractivity contribution in [2.75, 3.05) is 13.1 Å². The lowest BCUT2D eigenvalue weighted by Crippen LogP contribution is -2.39. The van der Waals surface area contributed by atoms with Gasteiger partial charge in [0.1, 0.15) is 0 Å². The van der Waals surface area contributed by atoms with Gasteiger partial charge >= 0.3 is 0 Å². The van der Waals surface area contributed by atoms with Gasteiger partial charge in [-0.05, 0) is 38.1 Å². The quantitative estimate of drug-likeness (QED) is 0.588. The molecule has 0 spiro atoms. The molecular weight excluding hydrogens is 174 g/mol. The van der Waals surface area contributed by atoms with Crippen molar-refractivity contribution in [1.29, 1.82) is 0 Å². The molecule has 0 aromatic heterocycles. The third kappa shape index (κ3) is 4.43. The summed E-state index contributed by atoms with van der Waals surface area (Å²) in [6.45, 7) is 5.92. The highest BCUT2D eigenvalue weighted by molar-refractivity contribution is 4.78. The molecule has 1 saturated carbocycles. The molecule has 14 heavy (non-hydrogen) atoms. The molecule has 0 atom stereocenters. The summed E-state index contributed by atoms with van der Waals surface area (Å²) >= 11 is 0. The van der Waals surface area contributed by atoms with Gasteiger partial charge in [0.05, 0.1) is 5.60 Å². The van der Waals surface area contributed by atoms with Gasteiger partial charge in [0.25, 0.3) is 0 Å². The molecule has 1 fully saturated rings. The largest absolute Gasteiger partial charge is 0.389 e. The van der Waals surface area contributed by atoms with Crippen LogP contribution in [0.3, 0.4) is 0 Å². The van der Waals surface area contributed by atoms with Crippen LogP contribution in [0.2, 0.25) is 0 Å². The van der Waals surface area contributed by atoms with Gasteiger partial charge in [-0.3, -0.25) is 0 Å². The normalized spacial score (nSPS) is 17.4. The highest BCUT2D eigenvalue weighted by Crippen LogP contribution is 2.33. The fourth-order valence-corrected chi connectivity index (χ4v) is 1.74. The predicted molar refractivity (Wildman–Crippen MR) is 60.4 cm³/mol. The molecule has 0 saturated heterocycles. The smallest absolute Gasteiger partial charge is 0.0766 e. The van der Waals surface area contributed by atoms with Crippen LogP contribution in [-0.2, 0) is 0 Å². The summed E-state index contributed by atoms with van der Waals surface area (Å²) < 4.78 is 0. The van der Waals surface area contributed by atoms with Crippen LogP contribution in [0, 0.1) is 5.92 Å². The van der Waals surface area contributed by atoms with Crippen molar-refractivity contribution in [2.45, 2.75) is 58.0 Å². The molecule has 0 unspecified atom stereocenters. The Labute approximate surface area is 88.1 Å². The van der Waals surface area contributed by atoms with Crippen molar-refractivity contribution in [2.24, 2.45) is 5.92 Å². The summed E-state index contributed by atoms with van der Waals surface area (Å²) in [5, 5.41) is 13.3. The molecule has 0 bridgehead atoms. The molecular formula is C12H25NO. The highest BCUT2D eigenvalue weighted by Gasteiger charge is 2.22. The highest BCUT2D eigenvalue weighted by atomic mass is 16.3. The molecule has 1 aliphatic carbocycles. The Morgan fingerprint density at radius 3 is 2.43 bits per heavy atom. The monoisotopic (exact) mass is 199 g/mol. The van der Waals surface area contributed by atoms with Gasteiger partial charge in [-0.1, -0.05) is 26.7 Å². The van der Waals surface area contributed by atoms with E-state index in [1.807, 2.05) is 0 Å². The maximum atomic E-state index is 9.99. The molecule has 0 radical (unpaired) electrons. The van der Waals surface area contributed by atoms with E-state index in [4.69, 9.17) is 0 Å². The van der Waals surface area contributed by atoms with Gasteiger partial charge in [0.15, 0.2) is 0 Å². The first-order chi connectivity index (χ1) is 6.70. The van der Waals surface area contributed by atoms with Gasteiger partial charge in [-0.15, -0.1) is 0 Å². The van der Waals surface area contributed by atoms with Gasteiger partial charge in [0, 0.05) is 6.54 Å². The minimum Gasteiger partial charge on any atom is -0.389 e. The maximum Gasteiger partial charge on any atom is 0.0766 e. The van der Waals surface area contributed by atoms with E-state index < -0.39 is 5.60 Å². The zero-order valence-corrected chi connectivity index (χ0v) is 9.68. The van der Waals surface area contributed by atoms with E-state index in [0.29, 0.717) is 0 Å². The van der Waals surface area contributed by atoms with E-state index in [1.165, 1.54) is 25.7 Å². The van der Waals surface area contributed by atoms with Crippen molar-refractivity contribution in [3.05, 3.63) is 0 Å². The van der Waals surface area contributed by atoms with Crippen LogP contribution in [0.4, 0.5) is 0 Å². The molecule has 0 aromatic carbocycles. The Balaban J connectivity index is 1.95. The molecule has 0 aromatic rings. The van der Waals surface area contributed by atoms with Crippen LogP contribution in [0.1, 0.15) is 52.4 Å². The van der Waals surface area contributed by atoms with E-state index in [0.717, 1.165) is 31.8 Å². The maximum absolute atomic E-state index is 9.99. The average Bonchev–Trinajstić information content (AvgIpc) is 3.01. The molecule has 0 amide bonds. The van der Waals surface area contributed by atoms with Crippen LogP contribution in [0.15, 0.2) is 0 Å². The second kappa shape index (κ2) is 5.72. The number of aliphatic hydroxyl groups is 1. The second-order valence-electron chi connectivity index (χ2n) is 4.69. The zero-order chi connectivity index (χ0) is 10.4. The molecule has 2 N–H and O–H groups in total. The van der Waals surface area contributed by atoms with E-state index in [-0.39, 0.29) is 0 Å². The van der Waals surface area contributed by atoms with Crippen molar-refractivity contribution in [1.82, 2.24) is 5.32 Å². The lowest BCUT2D eigenvalue weighted by molar-refractivity contribution is 0.0327. The number of hydrogen-bond donors (Lipinski definition) is 2. The number of hydrogen-bond acceptors (Lipinski definition) is 2. The number of rotatable bonds is 8. The summed E-state index contributed by atoms with van der Waals surface area (Å²) in [5.74, 6) is 1.04. The van der Waals surface area contributed by atoms with Gasteiger partial charge in [-0.25, -0.2) is 0 Å². The van der Waals surface area contributed by atoms with Gasteiger partial charge < -0.3 is 10.4 Å². The van der Waals surface area contributed by atoms with Crippen LogP contribution < -0.4 is 5.32 Å². The van der Waals surface area contributed by atoms with Crippen molar-refractivity contribution in [3.63, 3.8) is 0 Å². The van der Waals surface area contributed by atoms with Gasteiger partial charge in [-0.2, -0.15) is 0 Å². The van der Waals surface area contributed by atoms with Crippen LogP contribution in [0.5, 0.6) is 0 Å².